The van der Waals surface area contributed by atoms with Crippen LogP contribution in [0.1, 0.15) is 46.1 Å². The number of hydrogen-bond acceptors (Lipinski definition) is 1. The summed E-state index contributed by atoms with van der Waals surface area (Å²) in [5, 5.41) is 0. The van der Waals surface area contributed by atoms with Crippen molar-refractivity contribution in [3.8, 4) is 0 Å². The summed E-state index contributed by atoms with van der Waals surface area (Å²) in [4.78, 5) is 2.60. The van der Waals surface area contributed by atoms with E-state index < -0.39 is 0 Å². The van der Waals surface area contributed by atoms with E-state index in [-0.39, 0.29) is 0 Å². The molecule has 0 bridgehead atoms. The maximum Gasteiger partial charge on any atom is 0.0234 e. The van der Waals surface area contributed by atoms with Gasteiger partial charge in [-0.25, -0.2) is 0 Å². The Bertz CT molecular complexity index is 348. The average Bonchev–Trinajstić information content (AvgIpc) is 2.32. The largest absolute Gasteiger partial charge is 0.299 e. The summed E-state index contributed by atoms with van der Waals surface area (Å²) in [5.41, 5.74) is 1.40. The number of nitrogens with zero attached hydrogens (tertiary/aromatic N) is 1. The molecule has 0 aliphatic rings. The van der Waals surface area contributed by atoms with Crippen LogP contribution < -0.4 is 0 Å². The third-order valence-electron chi connectivity index (χ3n) is 3.34. The number of rotatable bonds is 8. The van der Waals surface area contributed by atoms with Crippen molar-refractivity contribution in [2.24, 2.45) is 11.8 Å². The average molecular weight is 326 g/mol. The Morgan fingerprint density at radius 1 is 1.00 bits per heavy atom. The lowest BCUT2D eigenvalue weighted by Gasteiger charge is -2.24. The van der Waals surface area contributed by atoms with Gasteiger partial charge in [0.05, 0.1) is 0 Å². The molecule has 1 aromatic rings. The fourth-order valence-corrected chi connectivity index (χ4v) is 2.49. The van der Waals surface area contributed by atoms with Gasteiger partial charge in [-0.05, 0) is 55.5 Å². The molecule has 0 spiro atoms. The number of benzene rings is 1. The smallest absolute Gasteiger partial charge is 0.0234 e. The second-order valence-electron chi connectivity index (χ2n) is 6.27. The highest BCUT2D eigenvalue weighted by Crippen LogP contribution is 2.15. The van der Waals surface area contributed by atoms with Crippen LogP contribution in [0.2, 0.25) is 0 Å². The molecule has 0 saturated heterocycles. The number of hydrogen-bond donors (Lipinski definition) is 0. The molecule has 1 aromatic carbocycles. The van der Waals surface area contributed by atoms with Crippen molar-refractivity contribution in [2.45, 2.75) is 47.1 Å². The van der Waals surface area contributed by atoms with Gasteiger partial charge in [-0.3, -0.25) is 4.90 Å². The molecule has 0 radical (unpaired) electrons. The first-order chi connectivity index (χ1) is 8.97. The summed E-state index contributed by atoms with van der Waals surface area (Å²) in [6.45, 7) is 12.7. The molecular weight excluding hydrogens is 298 g/mol. The molecule has 0 amide bonds. The monoisotopic (exact) mass is 325 g/mol. The lowest BCUT2D eigenvalue weighted by atomic mass is 10.1. The Balaban J connectivity index is 2.56. The molecule has 0 fully saturated rings. The first-order valence-corrected chi connectivity index (χ1v) is 8.23. The molecular formula is C17H28BrN. The Morgan fingerprint density at radius 3 is 2.05 bits per heavy atom. The highest BCUT2D eigenvalue weighted by molar-refractivity contribution is 9.10. The van der Waals surface area contributed by atoms with E-state index in [0.717, 1.165) is 18.4 Å². The van der Waals surface area contributed by atoms with Gasteiger partial charge in [-0.15, -0.1) is 0 Å². The minimum atomic E-state index is 0.782. The Kier molecular flexibility index (Phi) is 7.70. The first kappa shape index (κ1) is 16.7. The summed E-state index contributed by atoms with van der Waals surface area (Å²) in [5.74, 6) is 1.56. The maximum absolute atomic E-state index is 3.56. The molecule has 0 aliphatic heterocycles. The van der Waals surface area contributed by atoms with Crippen molar-refractivity contribution in [2.75, 3.05) is 13.1 Å². The third-order valence-corrected chi connectivity index (χ3v) is 3.83. The molecule has 0 heterocycles. The van der Waals surface area contributed by atoms with Crippen LogP contribution in [0, 0.1) is 11.8 Å². The second kappa shape index (κ2) is 8.76. The predicted molar refractivity (Wildman–Crippen MR) is 88.3 cm³/mol. The van der Waals surface area contributed by atoms with Crippen LogP contribution in [-0.4, -0.2) is 18.0 Å². The Morgan fingerprint density at radius 2 is 1.58 bits per heavy atom. The van der Waals surface area contributed by atoms with Gasteiger partial charge < -0.3 is 0 Å². The van der Waals surface area contributed by atoms with Crippen LogP contribution in [0.5, 0.6) is 0 Å². The topological polar surface area (TPSA) is 3.24 Å². The van der Waals surface area contributed by atoms with E-state index in [9.17, 15) is 0 Å². The summed E-state index contributed by atoms with van der Waals surface area (Å²) < 4.78 is 1.18. The quantitative estimate of drug-likeness (QED) is 0.623. The van der Waals surface area contributed by atoms with Crippen LogP contribution in [0.25, 0.3) is 0 Å². The van der Waals surface area contributed by atoms with E-state index in [1.807, 2.05) is 0 Å². The highest BCUT2D eigenvalue weighted by atomic mass is 79.9. The molecule has 0 aliphatic carbocycles. The van der Waals surface area contributed by atoms with E-state index in [4.69, 9.17) is 0 Å². The zero-order valence-corrected chi connectivity index (χ0v) is 14.4. The van der Waals surface area contributed by atoms with Gasteiger partial charge in [0.15, 0.2) is 0 Å². The summed E-state index contributed by atoms with van der Waals surface area (Å²) in [6.07, 6.45) is 2.57. The Hall–Kier alpha value is -0.340. The molecule has 0 saturated carbocycles. The minimum Gasteiger partial charge on any atom is -0.299 e. The Labute approximate surface area is 127 Å². The standard InChI is InChI=1S/C17H28BrN/c1-14(2)8-10-19(11-9-15(3)4)13-16-6-5-7-17(18)12-16/h5-7,12,14-15H,8-11,13H2,1-4H3. The van der Waals surface area contributed by atoms with Crippen LogP contribution >= 0.6 is 15.9 Å². The zero-order valence-electron chi connectivity index (χ0n) is 12.8. The highest BCUT2D eigenvalue weighted by Gasteiger charge is 2.08. The summed E-state index contributed by atoms with van der Waals surface area (Å²) in [7, 11) is 0. The van der Waals surface area contributed by atoms with Crippen molar-refractivity contribution in [1.82, 2.24) is 4.90 Å². The predicted octanol–water partition coefficient (Wildman–Crippen LogP) is 5.34. The van der Waals surface area contributed by atoms with Crippen LogP contribution in [0.3, 0.4) is 0 Å². The molecule has 1 nitrogen and oxygen atoms in total. The van der Waals surface area contributed by atoms with Gasteiger partial charge in [-0.1, -0.05) is 55.8 Å². The molecule has 0 aromatic heterocycles. The van der Waals surface area contributed by atoms with Crippen LogP contribution in [0.4, 0.5) is 0 Å². The second-order valence-corrected chi connectivity index (χ2v) is 7.19. The van der Waals surface area contributed by atoms with Gasteiger partial charge in [0.25, 0.3) is 0 Å². The van der Waals surface area contributed by atoms with E-state index in [0.29, 0.717) is 0 Å². The van der Waals surface area contributed by atoms with Crippen molar-refractivity contribution >= 4 is 15.9 Å². The van der Waals surface area contributed by atoms with E-state index in [1.54, 1.807) is 0 Å². The van der Waals surface area contributed by atoms with Gasteiger partial charge in [0.2, 0.25) is 0 Å². The first-order valence-electron chi connectivity index (χ1n) is 7.44. The van der Waals surface area contributed by atoms with Crippen molar-refractivity contribution < 1.29 is 0 Å². The fourth-order valence-electron chi connectivity index (χ4n) is 2.04. The molecule has 1 rings (SSSR count). The van der Waals surface area contributed by atoms with Crippen molar-refractivity contribution in [3.63, 3.8) is 0 Å². The third kappa shape index (κ3) is 7.74. The molecule has 0 unspecified atom stereocenters. The van der Waals surface area contributed by atoms with Gasteiger partial charge in [-0.2, -0.15) is 0 Å². The lowest BCUT2D eigenvalue weighted by Crippen LogP contribution is -2.27. The van der Waals surface area contributed by atoms with Crippen molar-refractivity contribution in [1.29, 1.82) is 0 Å². The van der Waals surface area contributed by atoms with E-state index >= 15 is 0 Å². The van der Waals surface area contributed by atoms with Crippen LogP contribution in [0.15, 0.2) is 28.7 Å². The molecule has 19 heavy (non-hydrogen) atoms. The van der Waals surface area contributed by atoms with E-state index in [1.165, 1.54) is 36.0 Å². The van der Waals surface area contributed by atoms with E-state index in [2.05, 4.69) is 72.8 Å². The maximum atomic E-state index is 3.56. The van der Waals surface area contributed by atoms with Gasteiger partial charge >= 0.3 is 0 Å². The summed E-state index contributed by atoms with van der Waals surface area (Å²) >= 11 is 3.56. The normalized spacial score (nSPS) is 11.8. The number of halogens is 1. The molecule has 2 heteroatoms. The zero-order chi connectivity index (χ0) is 14.3. The summed E-state index contributed by atoms with van der Waals surface area (Å²) in [6, 6.07) is 8.68. The van der Waals surface area contributed by atoms with Crippen LogP contribution in [-0.2, 0) is 6.54 Å². The SMILES string of the molecule is CC(C)CCN(CCC(C)C)Cc1cccc(Br)c1. The lowest BCUT2D eigenvalue weighted by molar-refractivity contribution is 0.235. The van der Waals surface area contributed by atoms with Gasteiger partial charge in [0, 0.05) is 11.0 Å². The molecule has 0 N–H and O–H groups in total. The van der Waals surface area contributed by atoms with Crippen molar-refractivity contribution in [3.05, 3.63) is 34.3 Å². The molecule has 0 atom stereocenters. The minimum absolute atomic E-state index is 0.782. The van der Waals surface area contributed by atoms with Gasteiger partial charge in [0.1, 0.15) is 0 Å². The molecule has 108 valence electrons. The fraction of sp³-hybridized carbons (Fsp3) is 0.647.